The number of nitrogens with zero attached hydrogens (tertiary/aromatic N) is 1. The number of aryl methyl sites for hydroxylation is 1. The highest BCUT2D eigenvalue weighted by Crippen LogP contribution is 2.29. The molecule has 1 aromatic rings. The largest absolute Gasteiger partial charge is 0.378 e. The zero-order valence-electron chi connectivity index (χ0n) is 11.5. The van der Waals surface area contributed by atoms with Crippen molar-refractivity contribution >= 4 is 11.6 Å². The molecular weight excluding hydrogens is 238 g/mol. The van der Waals surface area contributed by atoms with E-state index in [-0.39, 0.29) is 5.91 Å². The smallest absolute Gasteiger partial charge is 0.223 e. The van der Waals surface area contributed by atoms with E-state index in [1.54, 1.807) is 6.92 Å². The van der Waals surface area contributed by atoms with Gasteiger partial charge in [0.15, 0.2) is 0 Å². The van der Waals surface area contributed by atoms with Crippen LogP contribution in [0.3, 0.4) is 0 Å². The first kappa shape index (κ1) is 12.7. The Morgan fingerprint density at radius 2 is 2.32 bits per heavy atom. The fraction of sp³-hybridized carbons (Fsp3) is 0.562. The van der Waals surface area contributed by atoms with E-state index in [1.165, 1.54) is 24.0 Å². The van der Waals surface area contributed by atoms with Gasteiger partial charge in [0.05, 0.1) is 6.10 Å². The Morgan fingerprint density at radius 3 is 3.05 bits per heavy atom. The molecule has 3 rings (SSSR count). The highest BCUT2D eigenvalue weighted by molar-refractivity contribution is 5.92. The summed E-state index contributed by atoms with van der Waals surface area (Å²) in [6, 6.07) is 6.54. The van der Waals surface area contributed by atoms with Gasteiger partial charge in [-0.3, -0.25) is 4.79 Å². The van der Waals surface area contributed by atoms with E-state index in [9.17, 15) is 4.79 Å². The molecule has 0 aromatic heterocycles. The molecule has 0 N–H and O–H groups in total. The molecule has 3 heteroatoms. The van der Waals surface area contributed by atoms with Crippen LogP contribution < -0.4 is 4.90 Å². The second-order valence-electron chi connectivity index (χ2n) is 5.58. The molecule has 0 bridgehead atoms. The molecule has 0 aliphatic carbocycles. The second-order valence-corrected chi connectivity index (χ2v) is 5.58. The van der Waals surface area contributed by atoms with Gasteiger partial charge in [0.2, 0.25) is 5.91 Å². The molecule has 0 saturated carbocycles. The van der Waals surface area contributed by atoms with Crippen LogP contribution in [0.5, 0.6) is 0 Å². The van der Waals surface area contributed by atoms with E-state index in [1.807, 2.05) is 4.90 Å². The molecule has 19 heavy (non-hydrogen) atoms. The molecule has 1 fully saturated rings. The lowest BCUT2D eigenvalue weighted by atomic mass is 9.96. The van der Waals surface area contributed by atoms with Crippen molar-refractivity contribution in [3.8, 4) is 0 Å². The molecule has 0 radical (unpaired) electrons. The van der Waals surface area contributed by atoms with Gasteiger partial charge >= 0.3 is 0 Å². The molecule has 1 amide bonds. The predicted molar refractivity (Wildman–Crippen MR) is 75.5 cm³/mol. The molecule has 3 nitrogen and oxygen atoms in total. The Kier molecular flexibility index (Phi) is 3.56. The van der Waals surface area contributed by atoms with Gasteiger partial charge in [-0.1, -0.05) is 12.1 Å². The maximum atomic E-state index is 11.6. The number of hydrogen-bond acceptors (Lipinski definition) is 2. The standard InChI is InChI=1S/C16H21NO2/c1-12(18)17-8-2-4-14-10-13(6-7-16(14)17)11-15-5-3-9-19-15/h6-7,10,15H,2-5,8-9,11H2,1H3. The van der Waals surface area contributed by atoms with E-state index in [0.717, 1.165) is 38.1 Å². The minimum absolute atomic E-state index is 0.146. The summed E-state index contributed by atoms with van der Waals surface area (Å²) in [6.45, 7) is 3.41. The molecule has 2 aliphatic rings. The minimum Gasteiger partial charge on any atom is -0.378 e. The quantitative estimate of drug-likeness (QED) is 0.817. The van der Waals surface area contributed by atoms with Gasteiger partial charge in [0.25, 0.3) is 0 Å². The summed E-state index contributed by atoms with van der Waals surface area (Å²) in [7, 11) is 0. The Bertz CT molecular complexity index is 478. The third kappa shape index (κ3) is 2.66. The zero-order chi connectivity index (χ0) is 13.2. The number of carbonyl (C=O) groups is 1. The van der Waals surface area contributed by atoms with Crippen LogP contribution >= 0.6 is 0 Å². The van der Waals surface area contributed by atoms with Crippen LogP contribution in [0.2, 0.25) is 0 Å². The summed E-state index contributed by atoms with van der Waals surface area (Å²) < 4.78 is 5.70. The van der Waals surface area contributed by atoms with Crippen molar-refractivity contribution in [2.45, 2.75) is 45.1 Å². The number of rotatable bonds is 2. The van der Waals surface area contributed by atoms with E-state index < -0.39 is 0 Å². The van der Waals surface area contributed by atoms with Crippen molar-refractivity contribution in [3.05, 3.63) is 29.3 Å². The van der Waals surface area contributed by atoms with Crippen molar-refractivity contribution in [1.82, 2.24) is 0 Å². The third-order valence-electron chi connectivity index (χ3n) is 4.13. The number of amides is 1. The molecule has 1 atom stereocenters. The van der Waals surface area contributed by atoms with Crippen LogP contribution in [-0.2, 0) is 22.4 Å². The predicted octanol–water partition coefficient (Wildman–Crippen LogP) is 2.71. The number of ether oxygens (including phenoxy) is 1. The highest BCUT2D eigenvalue weighted by Gasteiger charge is 2.21. The zero-order valence-corrected chi connectivity index (χ0v) is 11.5. The molecule has 0 spiro atoms. The van der Waals surface area contributed by atoms with Crippen molar-refractivity contribution in [2.24, 2.45) is 0 Å². The van der Waals surface area contributed by atoms with Crippen LogP contribution in [0.25, 0.3) is 0 Å². The summed E-state index contributed by atoms with van der Waals surface area (Å²) in [4.78, 5) is 13.5. The van der Waals surface area contributed by atoms with Crippen molar-refractivity contribution < 1.29 is 9.53 Å². The normalized spacial score (nSPS) is 22.4. The Morgan fingerprint density at radius 1 is 1.42 bits per heavy atom. The Balaban J connectivity index is 1.80. The lowest BCUT2D eigenvalue weighted by molar-refractivity contribution is -0.116. The molecule has 1 unspecified atom stereocenters. The number of benzene rings is 1. The number of fused-ring (bicyclic) bond motifs is 1. The van der Waals surface area contributed by atoms with Crippen LogP contribution in [-0.4, -0.2) is 25.2 Å². The van der Waals surface area contributed by atoms with Gasteiger partial charge in [0, 0.05) is 25.8 Å². The van der Waals surface area contributed by atoms with Gasteiger partial charge in [0.1, 0.15) is 0 Å². The maximum Gasteiger partial charge on any atom is 0.223 e. The van der Waals surface area contributed by atoms with Crippen LogP contribution in [0.15, 0.2) is 18.2 Å². The third-order valence-corrected chi connectivity index (χ3v) is 4.13. The van der Waals surface area contributed by atoms with Crippen molar-refractivity contribution in [3.63, 3.8) is 0 Å². The van der Waals surface area contributed by atoms with E-state index >= 15 is 0 Å². The maximum absolute atomic E-state index is 11.6. The van der Waals surface area contributed by atoms with Crippen LogP contribution in [0.1, 0.15) is 37.3 Å². The topological polar surface area (TPSA) is 29.5 Å². The van der Waals surface area contributed by atoms with Crippen LogP contribution in [0.4, 0.5) is 5.69 Å². The molecular formula is C16H21NO2. The Labute approximate surface area is 114 Å². The summed E-state index contributed by atoms with van der Waals surface area (Å²) in [5.41, 5.74) is 3.77. The molecule has 2 heterocycles. The number of hydrogen-bond donors (Lipinski definition) is 0. The lowest BCUT2D eigenvalue weighted by Crippen LogP contribution is -2.33. The SMILES string of the molecule is CC(=O)N1CCCc2cc(CC3CCCO3)ccc21. The summed E-state index contributed by atoms with van der Waals surface area (Å²) in [5.74, 6) is 0.146. The average Bonchev–Trinajstić information content (AvgIpc) is 2.90. The second kappa shape index (κ2) is 5.33. The number of anilines is 1. The summed E-state index contributed by atoms with van der Waals surface area (Å²) in [6.07, 6.45) is 5.91. The highest BCUT2D eigenvalue weighted by atomic mass is 16.5. The average molecular weight is 259 g/mol. The van der Waals surface area contributed by atoms with Crippen molar-refractivity contribution in [2.75, 3.05) is 18.1 Å². The van der Waals surface area contributed by atoms with E-state index in [2.05, 4.69) is 18.2 Å². The monoisotopic (exact) mass is 259 g/mol. The molecule has 2 aliphatic heterocycles. The lowest BCUT2D eigenvalue weighted by Gasteiger charge is -2.29. The van der Waals surface area contributed by atoms with Gasteiger partial charge in [-0.2, -0.15) is 0 Å². The Hall–Kier alpha value is -1.35. The van der Waals surface area contributed by atoms with Crippen LogP contribution in [0, 0.1) is 0 Å². The van der Waals surface area contributed by atoms with Gasteiger partial charge < -0.3 is 9.64 Å². The molecule has 1 saturated heterocycles. The molecule has 102 valence electrons. The first-order chi connectivity index (χ1) is 9.24. The fourth-order valence-electron chi connectivity index (χ4n) is 3.17. The molecule has 1 aromatic carbocycles. The van der Waals surface area contributed by atoms with Gasteiger partial charge in [-0.25, -0.2) is 0 Å². The summed E-state index contributed by atoms with van der Waals surface area (Å²) >= 11 is 0. The van der Waals surface area contributed by atoms with Gasteiger partial charge in [-0.05, 0) is 49.3 Å². The number of carbonyl (C=O) groups excluding carboxylic acids is 1. The first-order valence-electron chi connectivity index (χ1n) is 7.25. The summed E-state index contributed by atoms with van der Waals surface area (Å²) in [5, 5.41) is 0. The minimum atomic E-state index is 0.146. The fourth-order valence-corrected chi connectivity index (χ4v) is 3.17. The first-order valence-corrected chi connectivity index (χ1v) is 7.25. The van der Waals surface area contributed by atoms with E-state index in [4.69, 9.17) is 4.74 Å². The van der Waals surface area contributed by atoms with E-state index in [0.29, 0.717) is 6.10 Å². The van der Waals surface area contributed by atoms with Gasteiger partial charge in [-0.15, -0.1) is 0 Å². The van der Waals surface area contributed by atoms with Crippen molar-refractivity contribution in [1.29, 1.82) is 0 Å².